The summed E-state index contributed by atoms with van der Waals surface area (Å²) >= 11 is 0. The molecule has 0 aromatic heterocycles. The lowest BCUT2D eigenvalue weighted by Gasteiger charge is -2.14. The number of carbonyl (C=O) groups is 2. The largest absolute Gasteiger partial charge is 0.494 e. The van der Waals surface area contributed by atoms with Crippen LogP contribution < -0.4 is 10.5 Å². The number of azo groups is 1. The molecule has 1 heterocycles. The number of hydrogen-bond acceptors (Lipinski definition) is 6. The maximum absolute atomic E-state index is 9.55. The quantitative estimate of drug-likeness (QED) is 0.656. The summed E-state index contributed by atoms with van der Waals surface area (Å²) in [5.41, 5.74) is 10.8. The molecule has 1 aliphatic carbocycles. The van der Waals surface area contributed by atoms with Crippen LogP contribution in [0.15, 0.2) is 46.3 Å². The van der Waals surface area contributed by atoms with Crippen LogP contribution in [0.2, 0.25) is 0 Å². The molecule has 8 heteroatoms. The van der Waals surface area contributed by atoms with Crippen molar-refractivity contribution in [3.05, 3.63) is 47.2 Å². The Morgan fingerprint density at radius 2 is 2.00 bits per heavy atom. The van der Waals surface area contributed by atoms with Crippen molar-refractivity contribution < 1.29 is 24.5 Å². The van der Waals surface area contributed by atoms with Gasteiger partial charge in [-0.05, 0) is 43.5 Å². The molecule has 1 aromatic carbocycles. The molecule has 1 aromatic rings. The molecule has 1 unspecified atom stereocenters. The van der Waals surface area contributed by atoms with Crippen molar-refractivity contribution in [3.8, 4) is 5.75 Å². The fraction of sp³-hybridized carbons (Fsp3) is 0.368. The topological polar surface area (TPSA) is 135 Å². The van der Waals surface area contributed by atoms with Gasteiger partial charge in [-0.3, -0.25) is 0 Å². The van der Waals surface area contributed by atoms with E-state index in [0.29, 0.717) is 18.8 Å². The molecule has 1 aliphatic heterocycles. The lowest BCUT2D eigenvalue weighted by molar-refractivity contribution is -0.134. The molecule has 144 valence electrons. The molecular formula is C19H23N3O5. The van der Waals surface area contributed by atoms with E-state index in [0.717, 1.165) is 24.3 Å². The number of hydrogen-bond donors (Lipinski definition) is 3. The van der Waals surface area contributed by atoms with Gasteiger partial charge in [0.05, 0.1) is 12.3 Å². The van der Waals surface area contributed by atoms with Crippen LogP contribution in [-0.2, 0) is 16.0 Å². The Bertz CT molecular complexity index is 796. The first-order chi connectivity index (χ1) is 12.8. The Balaban J connectivity index is 0.000000279. The van der Waals surface area contributed by atoms with Crippen molar-refractivity contribution in [2.75, 3.05) is 6.61 Å². The van der Waals surface area contributed by atoms with E-state index >= 15 is 0 Å². The molecule has 3 rings (SSSR count). The Morgan fingerprint density at radius 1 is 1.33 bits per heavy atom. The highest BCUT2D eigenvalue weighted by atomic mass is 16.5. The molecule has 0 radical (unpaired) electrons. The van der Waals surface area contributed by atoms with E-state index < -0.39 is 11.9 Å². The second kappa shape index (κ2) is 9.09. The second-order valence-corrected chi connectivity index (χ2v) is 6.24. The van der Waals surface area contributed by atoms with Crippen LogP contribution in [0.25, 0.3) is 5.57 Å². The summed E-state index contributed by atoms with van der Waals surface area (Å²) in [6, 6.07) is 6.54. The first-order valence-electron chi connectivity index (χ1n) is 8.61. The summed E-state index contributed by atoms with van der Waals surface area (Å²) < 4.78 is 5.59. The predicted octanol–water partition coefficient (Wildman–Crippen LogP) is 2.64. The maximum Gasteiger partial charge on any atom is 0.328 e. The van der Waals surface area contributed by atoms with Crippen molar-refractivity contribution in [1.29, 1.82) is 0 Å². The van der Waals surface area contributed by atoms with Crippen molar-refractivity contribution in [1.82, 2.24) is 0 Å². The highest BCUT2D eigenvalue weighted by Crippen LogP contribution is 2.43. The molecule has 0 fully saturated rings. The zero-order valence-electron chi connectivity index (χ0n) is 15.3. The van der Waals surface area contributed by atoms with Gasteiger partial charge in [0.25, 0.3) is 0 Å². The number of allylic oxidation sites excluding steroid dienone is 1. The molecule has 2 atom stereocenters. The molecule has 0 spiro atoms. The number of carboxylic acids is 2. The third-order valence-electron chi connectivity index (χ3n) is 3.97. The van der Waals surface area contributed by atoms with Crippen LogP contribution in [0.5, 0.6) is 5.75 Å². The fourth-order valence-corrected chi connectivity index (χ4v) is 2.97. The smallest absolute Gasteiger partial charge is 0.328 e. The van der Waals surface area contributed by atoms with Crippen LogP contribution in [0.4, 0.5) is 0 Å². The molecule has 8 nitrogen and oxygen atoms in total. The number of carboxylic acid groups (broad SMARTS) is 2. The Kier molecular flexibility index (Phi) is 6.84. The van der Waals surface area contributed by atoms with E-state index in [-0.39, 0.29) is 12.1 Å². The zero-order chi connectivity index (χ0) is 20.0. The predicted molar refractivity (Wildman–Crippen MR) is 99.6 cm³/mol. The fourth-order valence-electron chi connectivity index (χ4n) is 2.97. The number of benzene rings is 1. The van der Waals surface area contributed by atoms with E-state index in [1.807, 2.05) is 19.9 Å². The van der Waals surface area contributed by atoms with Gasteiger partial charge in [0.15, 0.2) is 0 Å². The van der Waals surface area contributed by atoms with Crippen LogP contribution in [0, 0.1) is 0 Å². The lowest BCUT2D eigenvalue weighted by Crippen LogP contribution is -2.21. The summed E-state index contributed by atoms with van der Waals surface area (Å²) in [6.07, 6.45) is 2.85. The van der Waals surface area contributed by atoms with E-state index in [1.54, 1.807) is 0 Å². The number of aliphatic carboxylic acids is 2. The minimum Gasteiger partial charge on any atom is -0.494 e. The Labute approximate surface area is 157 Å². The lowest BCUT2D eigenvalue weighted by atomic mass is 9.96. The maximum atomic E-state index is 9.55. The molecule has 0 amide bonds. The third kappa shape index (κ3) is 5.49. The molecule has 4 N–H and O–H groups in total. The number of nitrogens with zero attached hydrogens (tertiary/aromatic N) is 2. The summed E-state index contributed by atoms with van der Waals surface area (Å²) in [5.74, 6) is -1.60. The molecular weight excluding hydrogens is 350 g/mol. The molecule has 0 saturated carbocycles. The van der Waals surface area contributed by atoms with E-state index in [1.165, 1.54) is 16.7 Å². The highest BCUT2D eigenvalue weighted by molar-refractivity contribution is 5.89. The van der Waals surface area contributed by atoms with Gasteiger partial charge in [-0.1, -0.05) is 6.07 Å². The van der Waals surface area contributed by atoms with Crippen molar-refractivity contribution in [2.45, 2.75) is 38.8 Å². The summed E-state index contributed by atoms with van der Waals surface area (Å²) in [4.78, 5) is 19.1. The second-order valence-electron chi connectivity index (χ2n) is 6.24. The molecule has 2 aliphatic rings. The van der Waals surface area contributed by atoms with Gasteiger partial charge < -0.3 is 20.7 Å². The summed E-state index contributed by atoms with van der Waals surface area (Å²) in [5, 5.41) is 24.3. The Morgan fingerprint density at radius 3 is 2.56 bits per heavy atom. The van der Waals surface area contributed by atoms with Crippen LogP contribution >= 0.6 is 0 Å². The minimum atomic E-state index is -1.26. The van der Waals surface area contributed by atoms with Gasteiger partial charge in [-0.2, -0.15) is 10.2 Å². The Hall–Kier alpha value is -3.00. The van der Waals surface area contributed by atoms with Gasteiger partial charge in [0.2, 0.25) is 0 Å². The zero-order valence-corrected chi connectivity index (χ0v) is 15.3. The van der Waals surface area contributed by atoms with Gasteiger partial charge in [-0.15, -0.1) is 0 Å². The number of rotatable bonds is 6. The number of fused-ring (bicyclic) bond motifs is 2. The molecule has 27 heavy (non-hydrogen) atoms. The standard InChI is InChI=1S/C15H19N3O.C4H4O4/c1-3-19-11-5-4-10-7-14-15(12(10)8-11)13(17-18-14)6-9(2)16;5-3(6)1-2-4(7)8/h4-5,8-9,13H,3,6-7,16H2,1-2H3;1-2H,(H,5,6)(H,7,8)/t9-,13?;/m1./s1. The number of ether oxygens (including phenoxy) is 1. The van der Waals surface area contributed by atoms with Gasteiger partial charge >= 0.3 is 11.9 Å². The SMILES string of the molecule is CCOc1ccc2c(c1)C1=C(C2)N=NC1C[C@@H](C)N.O=C(O)C=CC(=O)O. The first kappa shape index (κ1) is 20.3. The van der Waals surface area contributed by atoms with Crippen molar-refractivity contribution in [2.24, 2.45) is 16.0 Å². The normalized spacial score (nSPS) is 18.0. The van der Waals surface area contributed by atoms with Crippen molar-refractivity contribution >= 4 is 17.5 Å². The van der Waals surface area contributed by atoms with Gasteiger partial charge in [-0.25, -0.2) is 9.59 Å². The third-order valence-corrected chi connectivity index (χ3v) is 3.97. The van der Waals surface area contributed by atoms with E-state index in [4.69, 9.17) is 20.7 Å². The number of nitrogens with two attached hydrogens (primary N) is 1. The monoisotopic (exact) mass is 373 g/mol. The molecule has 0 saturated heterocycles. The summed E-state index contributed by atoms with van der Waals surface area (Å²) in [7, 11) is 0. The summed E-state index contributed by atoms with van der Waals surface area (Å²) in [6.45, 7) is 4.69. The van der Waals surface area contributed by atoms with Gasteiger partial charge in [0, 0.05) is 30.2 Å². The first-order valence-corrected chi connectivity index (χ1v) is 8.61. The average molecular weight is 373 g/mol. The van der Waals surface area contributed by atoms with Crippen LogP contribution in [0.1, 0.15) is 31.4 Å². The minimum absolute atomic E-state index is 0.119. The van der Waals surface area contributed by atoms with Crippen molar-refractivity contribution in [3.63, 3.8) is 0 Å². The highest BCUT2D eigenvalue weighted by Gasteiger charge is 2.32. The van der Waals surface area contributed by atoms with E-state index in [2.05, 4.69) is 22.4 Å². The van der Waals surface area contributed by atoms with Gasteiger partial charge in [0.1, 0.15) is 11.8 Å². The van der Waals surface area contributed by atoms with Crippen LogP contribution in [-0.4, -0.2) is 40.8 Å². The van der Waals surface area contributed by atoms with E-state index in [9.17, 15) is 9.59 Å². The average Bonchev–Trinajstić information content (AvgIpc) is 3.13. The molecule has 0 bridgehead atoms. The van der Waals surface area contributed by atoms with Crippen LogP contribution in [0.3, 0.4) is 0 Å².